The van der Waals surface area contributed by atoms with Gasteiger partial charge >= 0.3 is 0 Å². The first kappa shape index (κ1) is 38.4. The standard InChI is InChI=1S/C11H14O2.C11H16O2.C9H12O2.C4H10O2/c1-8-9(2)13-11(12-8)10-6-4-3-5-7-10;1-9(12)10(2)13-8-11-6-4-3-5-7-11;1-10-9(11-2)8-6-4-3-5-7-8;1-3(5)4(2)6/h3-9,11H,1-2H3;3-7,9-10,12H,8H2,1-2H3;3-7,9H,1-2H3;3-6H,1-2H3/t8-,9-;9-,10-;;3-,4-/m11.1/s1. The van der Waals surface area contributed by atoms with E-state index in [0.717, 1.165) is 16.7 Å². The SMILES string of the molecule is COC(OC)c1ccccc1.C[C@@H](O)[C@@H](C)O.C[C@@H](O)[C@@H](C)OCc1ccccc1.C[C@H]1OC(c2ccccc2)O[C@@H]1C. The lowest BCUT2D eigenvalue weighted by atomic mass is 10.2. The molecule has 0 aromatic heterocycles. The first-order valence-electron chi connectivity index (χ1n) is 14.7. The molecular formula is C35H52O8. The average molecular weight is 601 g/mol. The van der Waals surface area contributed by atoms with Gasteiger partial charge in [-0.05, 0) is 47.1 Å². The lowest BCUT2D eigenvalue weighted by Crippen LogP contribution is -2.22. The Balaban J connectivity index is 0.000000296. The minimum Gasteiger partial charge on any atom is -0.391 e. The maximum absolute atomic E-state index is 9.17. The summed E-state index contributed by atoms with van der Waals surface area (Å²) >= 11 is 0. The predicted molar refractivity (Wildman–Crippen MR) is 169 cm³/mol. The Kier molecular flexibility index (Phi) is 19.6. The van der Waals surface area contributed by atoms with Gasteiger partial charge in [0.2, 0.25) is 0 Å². The third-order valence-electron chi connectivity index (χ3n) is 6.64. The van der Waals surface area contributed by atoms with E-state index in [9.17, 15) is 5.11 Å². The normalized spacial score (nSPS) is 19.0. The Morgan fingerprint density at radius 3 is 1.44 bits per heavy atom. The lowest BCUT2D eigenvalue weighted by molar-refractivity contribution is -0.106. The molecular weight excluding hydrogens is 548 g/mol. The fraction of sp³-hybridized carbons (Fsp3) is 0.486. The molecule has 0 aliphatic carbocycles. The van der Waals surface area contributed by atoms with E-state index >= 15 is 0 Å². The van der Waals surface area contributed by atoms with Crippen LogP contribution in [0.2, 0.25) is 0 Å². The number of benzene rings is 3. The summed E-state index contributed by atoms with van der Waals surface area (Å²) in [6, 6.07) is 29.8. The molecule has 0 bridgehead atoms. The summed E-state index contributed by atoms with van der Waals surface area (Å²) in [4.78, 5) is 0. The predicted octanol–water partition coefficient (Wildman–Crippen LogP) is 6.21. The van der Waals surface area contributed by atoms with E-state index < -0.39 is 18.3 Å². The minimum absolute atomic E-state index is 0.111. The molecule has 1 heterocycles. The van der Waals surface area contributed by atoms with Gasteiger partial charge in [-0.15, -0.1) is 0 Å². The first-order chi connectivity index (χ1) is 20.5. The van der Waals surface area contributed by atoms with E-state index in [2.05, 4.69) is 0 Å². The maximum atomic E-state index is 9.17. The van der Waals surface area contributed by atoms with Gasteiger partial charge in [-0.1, -0.05) is 91.0 Å². The van der Waals surface area contributed by atoms with Gasteiger partial charge in [0.25, 0.3) is 0 Å². The van der Waals surface area contributed by atoms with Gasteiger partial charge in [0.1, 0.15) is 0 Å². The molecule has 8 heteroatoms. The highest BCUT2D eigenvalue weighted by Crippen LogP contribution is 2.30. The molecule has 0 unspecified atom stereocenters. The van der Waals surface area contributed by atoms with Crippen LogP contribution in [-0.4, -0.2) is 66.2 Å². The highest BCUT2D eigenvalue weighted by molar-refractivity contribution is 5.17. The Bertz CT molecular complexity index is 1030. The summed E-state index contributed by atoms with van der Waals surface area (Å²) in [5, 5.41) is 25.9. The van der Waals surface area contributed by atoms with Gasteiger partial charge in [-0.2, -0.15) is 0 Å². The van der Waals surface area contributed by atoms with E-state index in [1.807, 2.05) is 112 Å². The Morgan fingerprint density at radius 1 is 0.628 bits per heavy atom. The van der Waals surface area contributed by atoms with Crippen LogP contribution in [0.4, 0.5) is 0 Å². The molecule has 8 nitrogen and oxygen atoms in total. The van der Waals surface area contributed by atoms with Gasteiger partial charge in [0.15, 0.2) is 12.6 Å². The van der Waals surface area contributed by atoms with Crippen molar-refractivity contribution in [3.05, 3.63) is 108 Å². The summed E-state index contributed by atoms with van der Waals surface area (Å²) < 4.78 is 26.8. The van der Waals surface area contributed by atoms with Crippen LogP contribution in [0.5, 0.6) is 0 Å². The van der Waals surface area contributed by atoms with Crippen LogP contribution < -0.4 is 0 Å². The summed E-state index contributed by atoms with van der Waals surface area (Å²) in [6.07, 6.45) is -1.75. The zero-order valence-corrected chi connectivity index (χ0v) is 26.9. The summed E-state index contributed by atoms with van der Waals surface area (Å²) in [6.45, 7) is 11.3. The molecule has 0 amide bonds. The lowest BCUT2D eigenvalue weighted by Gasteiger charge is -2.15. The molecule has 1 aliphatic rings. The molecule has 4 rings (SSSR count). The number of ether oxygens (including phenoxy) is 5. The molecule has 1 aliphatic heterocycles. The van der Waals surface area contributed by atoms with Crippen molar-refractivity contribution in [3.63, 3.8) is 0 Å². The smallest absolute Gasteiger partial charge is 0.184 e. The van der Waals surface area contributed by atoms with Crippen molar-refractivity contribution in [1.82, 2.24) is 0 Å². The third-order valence-corrected chi connectivity index (χ3v) is 6.64. The average Bonchev–Trinajstić information content (AvgIpc) is 3.36. The van der Waals surface area contributed by atoms with Crippen molar-refractivity contribution >= 4 is 0 Å². The third kappa shape index (κ3) is 16.1. The van der Waals surface area contributed by atoms with E-state index in [1.54, 1.807) is 35.0 Å². The second-order valence-corrected chi connectivity index (χ2v) is 10.4. The second-order valence-electron chi connectivity index (χ2n) is 10.4. The van der Waals surface area contributed by atoms with E-state index in [-0.39, 0.29) is 30.9 Å². The van der Waals surface area contributed by atoms with Gasteiger partial charge in [-0.25, -0.2) is 0 Å². The molecule has 1 saturated heterocycles. The number of hydrogen-bond acceptors (Lipinski definition) is 8. The van der Waals surface area contributed by atoms with Crippen molar-refractivity contribution in [1.29, 1.82) is 0 Å². The van der Waals surface area contributed by atoms with E-state index in [1.165, 1.54) is 0 Å². The Morgan fingerprint density at radius 2 is 1.05 bits per heavy atom. The Labute approximate surface area is 258 Å². The van der Waals surface area contributed by atoms with Crippen molar-refractivity contribution < 1.29 is 39.0 Å². The van der Waals surface area contributed by atoms with Crippen molar-refractivity contribution in [2.75, 3.05) is 14.2 Å². The molecule has 0 saturated carbocycles. The van der Waals surface area contributed by atoms with Crippen molar-refractivity contribution in [3.8, 4) is 0 Å². The molecule has 3 N–H and O–H groups in total. The molecule has 43 heavy (non-hydrogen) atoms. The van der Waals surface area contributed by atoms with Crippen LogP contribution in [0, 0.1) is 0 Å². The maximum Gasteiger partial charge on any atom is 0.184 e. The summed E-state index contributed by atoms with van der Waals surface area (Å²) in [5.41, 5.74) is 3.27. The topological polar surface area (TPSA) is 107 Å². The van der Waals surface area contributed by atoms with Crippen LogP contribution in [0.3, 0.4) is 0 Å². The molecule has 0 spiro atoms. The summed E-state index contributed by atoms with van der Waals surface area (Å²) in [7, 11) is 3.25. The minimum atomic E-state index is -0.593. The van der Waals surface area contributed by atoms with Crippen LogP contribution >= 0.6 is 0 Å². The second kappa shape index (κ2) is 21.9. The van der Waals surface area contributed by atoms with Crippen LogP contribution in [0.1, 0.15) is 70.8 Å². The number of aliphatic hydroxyl groups excluding tert-OH is 3. The fourth-order valence-electron chi connectivity index (χ4n) is 3.33. The van der Waals surface area contributed by atoms with Crippen LogP contribution in [0.25, 0.3) is 0 Å². The van der Waals surface area contributed by atoms with Crippen molar-refractivity contribution in [2.24, 2.45) is 0 Å². The zero-order valence-electron chi connectivity index (χ0n) is 26.9. The zero-order chi connectivity index (χ0) is 32.2. The monoisotopic (exact) mass is 600 g/mol. The Hall–Kier alpha value is -2.66. The van der Waals surface area contributed by atoms with Gasteiger partial charge in [0, 0.05) is 25.3 Å². The first-order valence-corrected chi connectivity index (χ1v) is 14.7. The fourth-order valence-corrected chi connectivity index (χ4v) is 3.33. The quantitative estimate of drug-likeness (QED) is 0.249. The van der Waals surface area contributed by atoms with Crippen LogP contribution in [0.15, 0.2) is 91.0 Å². The summed E-state index contributed by atoms with van der Waals surface area (Å²) in [5.74, 6) is 0. The van der Waals surface area contributed by atoms with Gasteiger partial charge in [0.05, 0.1) is 43.2 Å². The van der Waals surface area contributed by atoms with Gasteiger partial charge in [-0.3, -0.25) is 0 Å². The molecule has 3 aromatic rings. The molecule has 1 fully saturated rings. The number of methoxy groups -OCH3 is 2. The molecule has 6 atom stereocenters. The highest BCUT2D eigenvalue weighted by Gasteiger charge is 2.30. The van der Waals surface area contributed by atoms with E-state index in [0.29, 0.717) is 6.61 Å². The molecule has 240 valence electrons. The largest absolute Gasteiger partial charge is 0.391 e. The number of aliphatic hydroxyl groups is 3. The number of hydrogen-bond donors (Lipinski definition) is 3. The van der Waals surface area contributed by atoms with Crippen molar-refractivity contribution in [2.45, 2.75) is 97.4 Å². The number of rotatable bonds is 9. The van der Waals surface area contributed by atoms with Gasteiger partial charge < -0.3 is 39.0 Å². The molecule has 3 aromatic carbocycles. The van der Waals surface area contributed by atoms with Crippen LogP contribution in [-0.2, 0) is 30.3 Å². The highest BCUT2D eigenvalue weighted by atomic mass is 16.7. The van der Waals surface area contributed by atoms with E-state index in [4.69, 9.17) is 33.9 Å². The molecule has 0 radical (unpaired) electrons.